The molecule has 0 aromatic rings. The second-order valence-electron chi connectivity index (χ2n) is 5.75. The minimum atomic E-state index is -3.18. The number of rotatable bonds is 2. The molecule has 2 fully saturated rings. The van der Waals surface area contributed by atoms with E-state index in [9.17, 15) is 8.42 Å². The summed E-state index contributed by atoms with van der Waals surface area (Å²) in [6.07, 6.45) is 1.76. The van der Waals surface area contributed by atoms with E-state index >= 15 is 0 Å². The van der Waals surface area contributed by atoms with E-state index in [0.29, 0.717) is 13.1 Å². The van der Waals surface area contributed by atoms with Crippen LogP contribution in [0.4, 0.5) is 0 Å². The van der Waals surface area contributed by atoms with Crippen LogP contribution in [0.3, 0.4) is 0 Å². The molecule has 0 bridgehead atoms. The maximum absolute atomic E-state index is 12.3. The molecule has 2 aliphatic heterocycles. The van der Waals surface area contributed by atoms with Gasteiger partial charge in [-0.25, -0.2) is 8.42 Å². The van der Waals surface area contributed by atoms with Crippen molar-refractivity contribution in [2.24, 2.45) is 0 Å². The molecule has 6 heteroatoms. The molecule has 1 spiro atoms. The Kier molecular flexibility index (Phi) is 4.02. The number of morpholine rings is 1. The van der Waals surface area contributed by atoms with Gasteiger partial charge in [0, 0.05) is 13.1 Å². The van der Waals surface area contributed by atoms with Crippen LogP contribution in [-0.2, 0) is 14.8 Å². The summed E-state index contributed by atoms with van der Waals surface area (Å²) in [5, 5.41) is 2.94. The highest BCUT2D eigenvalue weighted by atomic mass is 32.2. The van der Waals surface area contributed by atoms with E-state index in [-0.39, 0.29) is 17.0 Å². The average molecular weight is 276 g/mol. The van der Waals surface area contributed by atoms with Crippen LogP contribution in [0.25, 0.3) is 0 Å². The topological polar surface area (TPSA) is 58.6 Å². The smallest absolute Gasteiger partial charge is 0.216 e. The van der Waals surface area contributed by atoms with Crippen LogP contribution < -0.4 is 5.32 Å². The molecule has 0 aliphatic carbocycles. The lowest BCUT2D eigenvalue weighted by molar-refractivity contribution is -0.143. The summed E-state index contributed by atoms with van der Waals surface area (Å²) in [5.41, 5.74) is -0.273. The van der Waals surface area contributed by atoms with Gasteiger partial charge in [0.1, 0.15) is 0 Å². The van der Waals surface area contributed by atoms with Crippen molar-refractivity contribution in [2.75, 3.05) is 26.2 Å². The van der Waals surface area contributed by atoms with Crippen molar-refractivity contribution in [1.82, 2.24) is 9.62 Å². The van der Waals surface area contributed by atoms with E-state index in [0.717, 1.165) is 25.9 Å². The molecule has 1 N–H and O–H groups in total. The molecule has 0 aromatic heterocycles. The van der Waals surface area contributed by atoms with Crippen LogP contribution in [0.5, 0.6) is 0 Å². The van der Waals surface area contributed by atoms with Gasteiger partial charge in [0.25, 0.3) is 0 Å². The molecule has 2 heterocycles. The number of hydrogen-bond donors (Lipinski definition) is 1. The fraction of sp³-hybridized carbons (Fsp3) is 1.00. The Morgan fingerprint density at radius 1 is 1.33 bits per heavy atom. The minimum Gasteiger partial charge on any atom is -0.369 e. The first-order chi connectivity index (χ1) is 8.36. The molecule has 0 amide bonds. The lowest BCUT2D eigenvalue weighted by Gasteiger charge is -2.47. The van der Waals surface area contributed by atoms with E-state index in [1.165, 1.54) is 0 Å². The highest BCUT2D eigenvalue weighted by Crippen LogP contribution is 2.32. The Morgan fingerprint density at radius 2 is 1.94 bits per heavy atom. The predicted octanol–water partition coefficient (Wildman–Crippen LogP) is 0.567. The van der Waals surface area contributed by atoms with Gasteiger partial charge in [-0.15, -0.1) is 0 Å². The first kappa shape index (κ1) is 14.2. The van der Waals surface area contributed by atoms with E-state index in [1.807, 2.05) is 6.92 Å². The molecule has 2 aliphatic rings. The number of nitrogens with one attached hydrogen (secondary N) is 1. The van der Waals surface area contributed by atoms with Gasteiger partial charge in [-0.05, 0) is 46.7 Å². The average Bonchev–Trinajstić information content (AvgIpc) is 2.28. The molecule has 106 valence electrons. The first-order valence-corrected chi connectivity index (χ1v) is 8.24. The molecule has 5 nitrogen and oxygen atoms in total. The highest BCUT2D eigenvalue weighted by molar-refractivity contribution is 7.89. The van der Waals surface area contributed by atoms with Crippen molar-refractivity contribution in [2.45, 2.75) is 50.6 Å². The molecule has 0 aromatic carbocycles. The molecule has 1 unspecified atom stereocenters. The Labute approximate surface area is 110 Å². The second kappa shape index (κ2) is 5.07. The van der Waals surface area contributed by atoms with E-state index in [4.69, 9.17) is 4.74 Å². The maximum Gasteiger partial charge on any atom is 0.216 e. The summed E-state index contributed by atoms with van der Waals surface area (Å²) in [6, 6.07) is 0. The first-order valence-electron chi connectivity index (χ1n) is 6.73. The summed E-state index contributed by atoms with van der Waals surface area (Å²) in [6.45, 7) is 8.25. The molecule has 0 radical (unpaired) electrons. The molecule has 18 heavy (non-hydrogen) atoms. The molecule has 2 saturated heterocycles. The normalized spacial score (nSPS) is 29.9. The van der Waals surface area contributed by atoms with E-state index in [1.54, 1.807) is 18.2 Å². The Bertz CT molecular complexity index is 388. The van der Waals surface area contributed by atoms with Crippen LogP contribution >= 0.6 is 0 Å². The van der Waals surface area contributed by atoms with Gasteiger partial charge >= 0.3 is 0 Å². The fourth-order valence-corrected chi connectivity index (χ4v) is 4.25. The summed E-state index contributed by atoms with van der Waals surface area (Å²) >= 11 is 0. The third kappa shape index (κ3) is 2.71. The number of piperidine rings is 1. The number of nitrogens with zero attached hydrogens (tertiary/aromatic N) is 1. The highest BCUT2D eigenvalue weighted by Gasteiger charge is 2.44. The van der Waals surface area contributed by atoms with Gasteiger partial charge in [0.15, 0.2) is 0 Å². The number of sulfonamides is 1. The van der Waals surface area contributed by atoms with Gasteiger partial charge in [-0.1, -0.05) is 0 Å². The van der Waals surface area contributed by atoms with Crippen LogP contribution in [0, 0.1) is 0 Å². The largest absolute Gasteiger partial charge is 0.369 e. The molecular weight excluding hydrogens is 252 g/mol. The summed E-state index contributed by atoms with van der Waals surface area (Å²) < 4.78 is 32.3. The zero-order chi connectivity index (χ0) is 13.4. The summed E-state index contributed by atoms with van der Waals surface area (Å²) in [4.78, 5) is 0. The quantitative estimate of drug-likeness (QED) is 0.801. The third-order valence-electron chi connectivity index (χ3n) is 3.85. The van der Waals surface area contributed by atoms with Crippen LogP contribution in [0.1, 0.15) is 33.6 Å². The molecule has 1 atom stereocenters. The lowest BCUT2D eigenvalue weighted by atomic mass is 9.90. The van der Waals surface area contributed by atoms with E-state index in [2.05, 4.69) is 5.32 Å². The fourth-order valence-electron chi connectivity index (χ4n) is 2.82. The molecule has 0 saturated carbocycles. The zero-order valence-corrected chi connectivity index (χ0v) is 12.3. The van der Waals surface area contributed by atoms with E-state index < -0.39 is 10.0 Å². The van der Waals surface area contributed by atoms with Crippen LogP contribution in [-0.4, -0.2) is 55.9 Å². The Balaban J connectivity index is 2.19. The predicted molar refractivity (Wildman–Crippen MR) is 71.0 cm³/mol. The summed E-state index contributed by atoms with van der Waals surface area (Å²) in [5.74, 6) is 0. The SMILES string of the molecule is CC1CN(S(=O)(=O)C(C)C)CC2(CCNCC2)O1. The van der Waals surface area contributed by atoms with Crippen molar-refractivity contribution in [3.05, 3.63) is 0 Å². The van der Waals surface area contributed by atoms with Crippen LogP contribution in [0.15, 0.2) is 0 Å². The van der Waals surface area contributed by atoms with Crippen molar-refractivity contribution in [3.8, 4) is 0 Å². The van der Waals surface area contributed by atoms with Gasteiger partial charge in [0.2, 0.25) is 10.0 Å². The molecular formula is C12H24N2O3S. The number of ether oxygens (including phenoxy) is 1. The Morgan fingerprint density at radius 3 is 2.50 bits per heavy atom. The second-order valence-corrected chi connectivity index (χ2v) is 8.24. The monoisotopic (exact) mass is 276 g/mol. The lowest BCUT2D eigenvalue weighted by Crippen LogP contribution is -2.60. The Hall–Kier alpha value is -0.170. The van der Waals surface area contributed by atoms with Crippen molar-refractivity contribution >= 4 is 10.0 Å². The number of hydrogen-bond acceptors (Lipinski definition) is 4. The van der Waals surface area contributed by atoms with Crippen molar-refractivity contribution < 1.29 is 13.2 Å². The van der Waals surface area contributed by atoms with Gasteiger partial charge in [-0.3, -0.25) is 0 Å². The van der Waals surface area contributed by atoms with Crippen molar-refractivity contribution in [3.63, 3.8) is 0 Å². The third-order valence-corrected chi connectivity index (χ3v) is 6.04. The summed E-state index contributed by atoms with van der Waals surface area (Å²) in [7, 11) is -3.18. The maximum atomic E-state index is 12.3. The standard InChI is InChI=1S/C12H24N2O3S/c1-10(2)18(15,16)14-8-11(3)17-12(9-14)4-6-13-7-5-12/h10-11,13H,4-9H2,1-3H3. The van der Waals surface area contributed by atoms with Gasteiger partial charge < -0.3 is 10.1 Å². The van der Waals surface area contributed by atoms with Crippen LogP contribution in [0.2, 0.25) is 0 Å². The molecule has 2 rings (SSSR count). The van der Waals surface area contributed by atoms with Crippen molar-refractivity contribution in [1.29, 1.82) is 0 Å². The van der Waals surface area contributed by atoms with Gasteiger partial charge in [0.05, 0.1) is 17.0 Å². The zero-order valence-electron chi connectivity index (χ0n) is 11.5. The van der Waals surface area contributed by atoms with Gasteiger partial charge in [-0.2, -0.15) is 4.31 Å². The minimum absolute atomic E-state index is 0.0228.